The molecule has 0 bridgehead atoms. The Morgan fingerprint density at radius 1 is 1.56 bits per heavy atom. The SMILES string of the molecule is COC(=O)C(C)C1CCc2c(O)cccc21. The number of hydrogen-bond donors (Lipinski definition) is 1. The molecule has 1 aliphatic rings. The number of esters is 1. The van der Waals surface area contributed by atoms with Gasteiger partial charge in [0.05, 0.1) is 13.0 Å². The maximum Gasteiger partial charge on any atom is 0.308 e. The predicted octanol–water partition coefficient (Wildman–Crippen LogP) is 2.23. The number of carbonyl (C=O) groups excluding carboxylic acids is 1. The van der Waals surface area contributed by atoms with E-state index in [1.165, 1.54) is 7.11 Å². The molecule has 0 saturated carbocycles. The van der Waals surface area contributed by atoms with Gasteiger partial charge < -0.3 is 9.84 Å². The summed E-state index contributed by atoms with van der Waals surface area (Å²) in [4.78, 5) is 11.5. The average molecular weight is 220 g/mol. The minimum absolute atomic E-state index is 0.145. The zero-order valence-corrected chi connectivity index (χ0v) is 9.56. The third kappa shape index (κ3) is 1.66. The quantitative estimate of drug-likeness (QED) is 0.777. The van der Waals surface area contributed by atoms with Gasteiger partial charge in [-0.05, 0) is 36.0 Å². The molecule has 1 aromatic carbocycles. The van der Waals surface area contributed by atoms with Crippen LogP contribution in [0, 0.1) is 5.92 Å². The van der Waals surface area contributed by atoms with Gasteiger partial charge in [-0.3, -0.25) is 4.79 Å². The van der Waals surface area contributed by atoms with Crippen molar-refractivity contribution in [2.45, 2.75) is 25.7 Å². The van der Waals surface area contributed by atoms with E-state index in [1.54, 1.807) is 6.07 Å². The molecule has 0 heterocycles. The molecule has 0 fully saturated rings. The van der Waals surface area contributed by atoms with E-state index in [9.17, 15) is 9.90 Å². The van der Waals surface area contributed by atoms with Gasteiger partial charge >= 0.3 is 5.97 Å². The van der Waals surface area contributed by atoms with Crippen molar-refractivity contribution in [1.29, 1.82) is 0 Å². The Labute approximate surface area is 95.0 Å². The van der Waals surface area contributed by atoms with Gasteiger partial charge in [0.1, 0.15) is 5.75 Å². The number of phenols is 1. The molecule has 0 spiro atoms. The van der Waals surface area contributed by atoms with Crippen molar-refractivity contribution in [2.75, 3.05) is 7.11 Å². The number of ether oxygens (including phenoxy) is 1. The average Bonchev–Trinajstić information content (AvgIpc) is 2.72. The molecule has 0 radical (unpaired) electrons. The molecule has 0 amide bonds. The summed E-state index contributed by atoms with van der Waals surface area (Å²) in [5.74, 6) is 0.195. The second-order valence-electron chi connectivity index (χ2n) is 4.30. The van der Waals surface area contributed by atoms with E-state index in [4.69, 9.17) is 4.74 Å². The molecule has 1 aromatic rings. The molecule has 1 aliphatic carbocycles. The van der Waals surface area contributed by atoms with Gasteiger partial charge in [0.25, 0.3) is 0 Å². The fourth-order valence-electron chi connectivity index (χ4n) is 2.54. The summed E-state index contributed by atoms with van der Waals surface area (Å²) in [5, 5.41) is 9.71. The van der Waals surface area contributed by atoms with Crippen LogP contribution in [0.4, 0.5) is 0 Å². The Kier molecular flexibility index (Phi) is 2.86. The maximum absolute atomic E-state index is 11.5. The van der Waals surface area contributed by atoms with Crippen LogP contribution in [0.25, 0.3) is 0 Å². The van der Waals surface area contributed by atoms with Crippen LogP contribution in [0.5, 0.6) is 5.75 Å². The molecule has 3 heteroatoms. The third-order valence-corrected chi connectivity index (χ3v) is 3.47. The van der Waals surface area contributed by atoms with Crippen molar-refractivity contribution < 1.29 is 14.6 Å². The van der Waals surface area contributed by atoms with Crippen LogP contribution >= 0.6 is 0 Å². The molecule has 16 heavy (non-hydrogen) atoms. The van der Waals surface area contributed by atoms with Crippen LogP contribution in [-0.4, -0.2) is 18.2 Å². The highest BCUT2D eigenvalue weighted by Crippen LogP contribution is 2.41. The first kappa shape index (κ1) is 11.0. The molecule has 2 atom stereocenters. The number of carbonyl (C=O) groups is 1. The smallest absolute Gasteiger partial charge is 0.308 e. The second-order valence-corrected chi connectivity index (χ2v) is 4.30. The molecule has 1 N–H and O–H groups in total. The van der Waals surface area contributed by atoms with Crippen molar-refractivity contribution in [1.82, 2.24) is 0 Å². The fraction of sp³-hybridized carbons (Fsp3) is 0.462. The lowest BCUT2D eigenvalue weighted by Gasteiger charge is -2.17. The third-order valence-electron chi connectivity index (χ3n) is 3.47. The van der Waals surface area contributed by atoms with Crippen LogP contribution in [0.1, 0.15) is 30.4 Å². The minimum atomic E-state index is -0.179. The number of benzene rings is 1. The summed E-state index contributed by atoms with van der Waals surface area (Å²) < 4.78 is 4.77. The van der Waals surface area contributed by atoms with Crippen molar-refractivity contribution in [3.63, 3.8) is 0 Å². The molecular weight excluding hydrogens is 204 g/mol. The van der Waals surface area contributed by atoms with Gasteiger partial charge in [0.15, 0.2) is 0 Å². The lowest BCUT2D eigenvalue weighted by atomic mass is 9.88. The van der Waals surface area contributed by atoms with E-state index in [2.05, 4.69) is 0 Å². The number of phenolic OH excluding ortho intramolecular Hbond substituents is 1. The van der Waals surface area contributed by atoms with Gasteiger partial charge in [0.2, 0.25) is 0 Å². The minimum Gasteiger partial charge on any atom is -0.508 e. The standard InChI is InChI=1S/C13H16O3/c1-8(13(15)16-2)9-6-7-11-10(9)4-3-5-12(11)14/h3-5,8-9,14H,6-7H2,1-2H3. The first-order valence-electron chi connectivity index (χ1n) is 5.53. The number of methoxy groups -OCH3 is 1. The Morgan fingerprint density at radius 3 is 3.00 bits per heavy atom. The fourth-order valence-corrected chi connectivity index (χ4v) is 2.54. The highest BCUT2D eigenvalue weighted by molar-refractivity contribution is 5.73. The Bertz CT molecular complexity index is 412. The van der Waals surface area contributed by atoms with Crippen molar-refractivity contribution in [2.24, 2.45) is 5.92 Å². The summed E-state index contributed by atoms with van der Waals surface area (Å²) in [5.41, 5.74) is 2.08. The lowest BCUT2D eigenvalue weighted by Crippen LogP contribution is -2.19. The molecule has 2 rings (SSSR count). The topological polar surface area (TPSA) is 46.5 Å². The lowest BCUT2D eigenvalue weighted by molar-refractivity contribution is -0.145. The zero-order chi connectivity index (χ0) is 11.7. The van der Waals surface area contributed by atoms with Gasteiger partial charge in [0, 0.05) is 0 Å². The van der Waals surface area contributed by atoms with E-state index in [0.29, 0.717) is 5.75 Å². The van der Waals surface area contributed by atoms with E-state index in [-0.39, 0.29) is 17.8 Å². The normalized spacial score (nSPS) is 20.2. The Balaban J connectivity index is 2.30. The van der Waals surface area contributed by atoms with Gasteiger partial charge in [-0.2, -0.15) is 0 Å². The molecule has 0 saturated heterocycles. The van der Waals surface area contributed by atoms with Crippen LogP contribution in [0.2, 0.25) is 0 Å². The van der Waals surface area contributed by atoms with E-state index >= 15 is 0 Å². The number of hydrogen-bond acceptors (Lipinski definition) is 3. The van der Waals surface area contributed by atoms with Crippen LogP contribution < -0.4 is 0 Å². The number of aromatic hydroxyl groups is 1. The summed E-state index contributed by atoms with van der Waals surface area (Å²) in [6.07, 6.45) is 1.75. The molecule has 0 aromatic heterocycles. The summed E-state index contributed by atoms with van der Waals surface area (Å²) in [6.45, 7) is 1.88. The van der Waals surface area contributed by atoms with E-state index < -0.39 is 0 Å². The number of fused-ring (bicyclic) bond motifs is 1. The van der Waals surface area contributed by atoms with Crippen LogP contribution in [0.3, 0.4) is 0 Å². The summed E-state index contributed by atoms with van der Waals surface area (Å²) >= 11 is 0. The van der Waals surface area contributed by atoms with Crippen LogP contribution in [-0.2, 0) is 16.0 Å². The summed E-state index contributed by atoms with van der Waals surface area (Å²) in [7, 11) is 1.41. The molecule has 2 unspecified atom stereocenters. The first-order chi connectivity index (χ1) is 7.65. The first-order valence-corrected chi connectivity index (χ1v) is 5.53. The highest BCUT2D eigenvalue weighted by Gasteiger charge is 2.32. The predicted molar refractivity (Wildman–Crippen MR) is 60.3 cm³/mol. The zero-order valence-electron chi connectivity index (χ0n) is 9.56. The molecule has 0 aliphatic heterocycles. The van der Waals surface area contributed by atoms with E-state index in [0.717, 1.165) is 24.0 Å². The Morgan fingerprint density at radius 2 is 2.31 bits per heavy atom. The largest absolute Gasteiger partial charge is 0.508 e. The maximum atomic E-state index is 11.5. The van der Waals surface area contributed by atoms with Crippen molar-refractivity contribution in [3.8, 4) is 5.75 Å². The highest BCUT2D eigenvalue weighted by atomic mass is 16.5. The Hall–Kier alpha value is -1.51. The monoisotopic (exact) mass is 220 g/mol. The van der Waals surface area contributed by atoms with E-state index in [1.807, 2.05) is 19.1 Å². The van der Waals surface area contributed by atoms with Crippen molar-refractivity contribution in [3.05, 3.63) is 29.3 Å². The summed E-state index contributed by atoms with van der Waals surface area (Å²) in [6, 6.07) is 5.52. The second kappa shape index (κ2) is 4.16. The van der Waals surface area contributed by atoms with Gasteiger partial charge in [-0.25, -0.2) is 0 Å². The molecule has 3 nitrogen and oxygen atoms in total. The van der Waals surface area contributed by atoms with Gasteiger partial charge in [-0.1, -0.05) is 19.1 Å². The molecular formula is C13H16O3. The van der Waals surface area contributed by atoms with Crippen LogP contribution in [0.15, 0.2) is 18.2 Å². The van der Waals surface area contributed by atoms with Gasteiger partial charge in [-0.15, -0.1) is 0 Å². The molecule has 86 valence electrons. The van der Waals surface area contributed by atoms with Crippen molar-refractivity contribution >= 4 is 5.97 Å². The number of rotatable bonds is 2.